The average molecular weight is 336 g/mol. The highest BCUT2D eigenvalue weighted by Crippen LogP contribution is 2.37. The van der Waals surface area contributed by atoms with E-state index in [1.807, 2.05) is 24.3 Å². The highest BCUT2D eigenvalue weighted by Gasteiger charge is 2.35. The summed E-state index contributed by atoms with van der Waals surface area (Å²) in [6.45, 7) is 0.264. The molecule has 0 fully saturated rings. The minimum atomic E-state index is -3.54. The highest BCUT2D eigenvalue weighted by atomic mass is 32.2. The molecule has 7 heteroatoms. The molecule has 1 atom stereocenters. The van der Waals surface area contributed by atoms with Gasteiger partial charge in [0.25, 0.3) is 0 Å². The molecule has 23 heavy (non-hydrogen) atoms. The average Bonchev–Trinajstić information content (AvgIpc) is 3.17. The van der Waals surface area contributed by atoms with Crippen LogP contribution >= 0.6 is 0 Å². The van der Waals surface area contributed by atoms with E-state index in [-0.39, 0.29) is 18.4 Å². The fourth-order valence-corrected chi connectivity index (χ4v) is 4.83. The number of benzene rings is 1. The van der Waals surface area contributed by atoms with E-state index in [1.54, 1.807) is 6.07 Å². The van der Waals surface area contributed by atoms with Crippen LogP contribution in [0.1, 0.15) is 35.7 Å². The van der Waals surface area contributed by atoms with Crippen molar-refractivity contribution >= 4 is 10.0 Å². The van der Waals surface area contributed by atoms with Crippen LogP contribution in [0.3, 0.4) is 0 Å². The van der Waals surface area contributed by atoms with Crippen molar-refractivity contribution in [2.45, 2.75) is 31.1 Å². The topological polar surface area (TPSA) is 83.6 Å². The first-order chi connectivity index (χ1) is 11.1. The zero-order valence-electron chi connectivity index (χ0n) is 12.8. The van der Waals surface area contributed by atoms with Crippen LogP contribution in [-0.4, -0.2) is 36.1 Å². The summed E-state index contributed by atoms with van der Waals surface area (Å²) in [4.78, 5) is 0. The summed E-state index contributed by atoms with van der Waals surface area (Å²) in [6.07, 6.45) is 3.42. The molecule has 2 aromatic rings. The van der Waals surface area contributed by atoms with Gasteiger partial charge in [-0.3, -0.25) is 0 Å². The molecule has 0 amide bonds. The molecular formula is C16H20N2O4S. The molecule has 1 aromatic heterocycles. The minimum absolute atomic E-state index is 0.0374. The fourth-order valence-electron chi connectivity index (χ4n) is 3.13. The second kappa shape index (κ2) is 6.82. The molecule has 1 aromatic carbocycles. The second-order valence-electron chi connectivity index (χ2n) is 5.69. The predicted octanol–water partition coefficient (Wildman–Crippen LogP) is 1.88. The van der Waals surface area contributed by atoms with Gasteiger partial charge in [0.15, 0.2) is 0 Å². The molecular weight excluding hydrogens is 316 g/mol. The zero-order valence-corrected chi connectivity index (χ0v) is 13.6. The Labute approximate surface area is 135 Å². The SMILES string of the molecule is O=S(=O)(Cc1ccon1)N(CCCO)[C@@H]1CCc2ccccc21. The van der Waals surface area contributed by atoms with Crippen molar-refractivity contribution in [3.8, 4) is 0 Å². The summed E-state index contributed by atoms with van der Waals surface area (Å²) in [6, 6.07) is 9.34. The molecule has 0 bridgehead atoms. The van der Waals surface area contributed by atoms with Crippen molar-refractivity contribution in [2.24, 2.45) is 0 Å². The molecule has 0 saturated heterocycles. The maximum Gasteiger partial charge on any atom is 0.220 e. The molecule has 1 heterocycles. The summed E-state index contributed by atoms with van der Waals surface area (Å²) >= 11 is 0. The van der Waals surface area contributed by atoms with Crippen molar-refractivity contribution in [2.75, 3.05) is 13.2 Å². The van der Waals surface area contributed by atoms with E-state index in [0.29, 0.717) is 18.7 Å². The van der Waals surface area contributed by atoms with Crippen LogP contribution in [0.15, 0.2) is 41.1 Å². The number of hydrogen-bond donors (Lipinski definition) is 1. The van der Waals surface area contributed by atoms with Crippen molar-refractivity contribution in [1.82, 2.24) is 9.46 Å². The third kappa shape index (κ3) is 3.46. The smallest absolute Gasteiger partial charge is 0.220 e. The largest absolute Gasteiger partial charge is 0.396 e. The van der Waals surface area contributed by atoms with Crippen LogP contribution in [0, 0.1) is 0 Å². The number of aromatic nitrogens is 1. The van der Waals surface area contributed by atoms with Gasteiger partial charge in [0.05, 0.1) is 11.7 Å². The lowest BCUT2D eigenvalue weighted by Gasteiger charge is -2.28. The molecule has 1 aliphatic carbocycles. The Morgan fingerprint density at radius 1 is 1.30 bits per heavy atom. The Bertz CT molecular complexity index is 743. The van der Waals surface area contributed by atoms with Gasteiger partial charge in [-0.05, 0) is 30.4 Å². The first kappa shape index (κ1) is 16.2. The van der Waals surface area contributed by atoms with Gasteiger partial charge in [0.2, 0.25) is 10.0 Å². The van der Waals surface area contributed by atoms with Gasteiger partial charge < -0.3 is 9.63 Å². The van der Waals surface area contributed by atoms with E-state index in [1.165, 1.54) is 16.1 Å². The number of fused-ring (bicyclic) bond motifs is 1. The van der Waals surface area contributed by atoms with Crippen LogP contribution in [0.4, 0.5) is 0 Å². The highest BCUT2D eigenvalue weighted by molar-refractivity contribution is 7.88. The molecule has 3 rings (SSSR count). The molecule has 124 valence electrons. The van der Waals surface area contributed by atoms with E-state index in [4.69, 9.17) is 9.63 Å². The van der Waals surface area contributed by atoms with E-state index < -0.39 is 10.0 Å². The first-order valence-corrected chi connectivity index (χ1v) is 9.30. The van der Waals surface area contributed by atoms with Crippen LogP contribution in [0.5, 0.6) is 0 Å². The van der Waals surface area contributed by atoms with Gasteiger partial charge in [0, 0.05) is 19.2 Å². The maximum atomic E-state index is 12.9. The Morgan fingerprint density at radius 2 is 2.13 bits per heavy atom. The Balaban J connectivity index is 1.89. The molecule has 0 radical (unpaired) electrons. The minimum Gasteiger partial charge on any atom is -0.396 e. The predicted molar refractivity (Wildman–Crippen MR) is 85.0 cm³/mol. The maximum absolute atomic E-state index is 12.9. The van der Waals surface area contributed by atoms with E-state index >= 15 is 0 Å². The lowest BCUT2D eigenvalue weighted by Crippen LogP contribution is -2.36. The molecule has 6 nitrogen and oxygen atoms in total. The van der Waals surface area contributed by atoms with Crippen molar-refractivity contribution < 1.29 is 18.0 Å². The van der Waals surface area contributed by atoms with Gasteiger partial charge >= 0.3 is 0 Å². The van der Waals surface area contributed by atoms with E-state index in [2.05, 4.69) is 5.16 Å². The molecule has 0 spiro atoms. The normalized spacial score (nSPS) is 17.6. The van der Waals surface area contributed by atoms with E-state index in [9.17, 15) is 8.42 Å². The number of aryl methyl sites for hydroxylation is 1. The number of aliphatic hydroxyl groups is 1. The lowest BCUT2D eigenvalue weighted by molar-refractivity contribution is 0.249. The zero-order chi connectivity index (χ0) is 16.3. The third-order valence-corrected chi connectivity index (χ3v) is 5.98. The summed E-state index contributed by atoms with van der Waals surface area (Å²) < 4.78 is 32.0. The summed E-state index contributed by atoms with van der Waals surface area (Å²) in [5, 5.41) is 12.8. The second-order valence-corrected chi connectivity index (χ2v) is 7.61. The number of aliphatic hydroxyl groups excluding tert-OH is 1. The molecule has 0 saturated carbocycles. The van der Waals surface area contributed by atoms with Crippen LogP contribution in [0.2, 0.25) is 0 Å². The van der Waals surface area contributed by atoms with Gasteiger partial charge in [-0.25, -0.2) is 8.42 Å². The Kier molecular flexibility index (Phi) is 4.79. The van der Waals surface area contributed by atoms with Crippen molar-refractivity contribution in [1.29, 1.82) is 0 Å². The molecule has 0 unspecified atom stereocenters. The molecule has 0 aliphatic heterocycles. The molecule has 1 N–H and O–H groups in total. The van der Waals surface area contributed by atoms with E-state index in [0.717, 1.165) is 18.4 Å². The number of nitrogens with zero attached hydrogens (tertiary/aromatic N) is 2. The Hall–Kier alpha value is -1.70. The van der Waals surface area contributed by atoms with Crippen molar-refractivity contribution in [3.63, 3.8) is 0 Å². The molecule has 1 aliphatic rings. The standard InChI is InChI=1S/C16H20N2O4S/c19-10-3-9-18(23(20,21)12-14-8-11-22-17-14)16-7-6-13-4-1-2-5-15(13)16/h1-2,4-5,8,11,16,19H,3,6-7,9-10,12H2/t16-/m1/s1. The summed E-state index contributed by atoms with van der Waals surface area (Å²) in [5.41, 5.74) is 2.66. The fraction of sp³-hybridized carbons (Fsp3) is 0.438. The first-order valence-electron chi connectivity index (χ1n) is 7.69. The summed E-state index contributed by atoms with van der Waals surface area (Å²) in [5.74, 6) is -0.187. The van der Waals surface area contributed by atoms with Crippen LogP contribution in [-0.2, 0) is 22.2 Å². The summed E-state index contributed by atoms with van der Waals surface area (Å²) in [7, 11) is -3.54. The van der Waals surface area contributed by atoms with Gasteiger partial charge in [0.1, 0.15) is 12.0 Å². The van der Waals surface area contributed by atoms with Gasteiger partial charge in [-0.1, -0.05) is 29.4 Å². The number of hydrogen-bond acceptors (Lipinski definition) is 5. The van der Waals surface area contributed by atoms with Crippen molar-refractivity contribution in [3.05, 3.63) is 53.4 Å². The van der Waals surface area contributed by atoms with Crippen LogP contribution < -0.4 is 0 Å². The monoisotopic (exact) mass is 336 g/mol. The van der Waals surface area contributed by atoms with Gasteiger partial charge in [-0.2, -0.15) is 4.31 Å². The number of sulfonamides is 1. The number of rotatable bonds is 7. The Morgan fingerprint density at radius 3 is 2.87 bits per heavy atom. The quantitative estimate of drug-likeness (QED) is 0.834. The third-order valence-electron chi connectivity index (χ3n) is 4.16. The van der Waals surface area contributed by atoms with Crippen LogP contribution in [0.25, 0.3) is 0 Å². The lowest BCUT2D eigenvalue weighted by atomic mass is 10.1. The van der Waals surface area contributed by atoms with Gasteiger partial charge in [-0.15, -0.1) is 0 Å².